The molecule has 1 aromatic heterocycles. The van der Waals surface area contributed by atoms with Crippen molar-refractivity contribution >= 4 is 45.1 Å². The molecule has 1 fully saturated rings. The van der Waals surface area contributed by atoms with Crippen LogP contribution in [0.1, 0.15) is 6.42 Å². The van der Waals surface area contributed by atoms with Crippen molar-refractivity contribution in [1.29, 1.82) is 0 Å². The van der Waals surface area contributed by atoms with Crippen LogP contribution in [0.15, 0.2) is 41.0 Å². The first-order valence-corrected chi connectivity index (χ1v) is 8.57. The highest BCUT2D eigenvalue weighted by Gasteiger charge is 2.26. The zero-order valence-corrected chi connectivity index (χ0v) is 14.9. The molecule has 1 saturated heterocycles. The Bertz CT molecular complexity index is 743. The highest BCUT2D eigenvalue weighted by atomic mass is 79.9. The number of aromatic nitrogens is 1. The lowest BCUT2D eigenvalue weighted by Gasteiger charge is -2.19. The van der Waals surface area contributed by atoms with Crippen molar-refractivity contribution in [2.45, 2.75) is 12.5 Å². The molecule has 1 aromatic carbocycles. The van der Waals surface area contributed by atoms with Gasteiger partial charge in [-0.05, 0) is 52.7 Å². The van der Waals surface area contributed by atoms with E-state index < -0.39 is 0 Å². The summed E-state index contributed by atoms with van der Waals surface area (Å²) >= 11 is 9.37. The Morgan fingerprint density at radius 2 is 2.12 bits per heavy atom. The minimum Gasteiger partial charge on any atom is -0.354 e. The summed E-state index contributed by atoms with van der Waals surface area (Å²) in [5.41, 5.74) is 0.547. The fraction of sp³-hybridized carbons (Fsp3) is 0.250. The van der Waals surface area contributed by atoms with Crippen LogP contribution in [0.25, 0.3) is 0 Å². The number of benzene rings is 1. The normalized spacial score (nSPS) is 17.0. The maximum atomic E-state index is 12.9. The topological polar surface area (TPSA) is 57.3 Å². The molecule has 0 bridgehead atoms. The molecule has 2 heterocycles. The van der Waals surface area contributed by atoms with Crippen LogP contribution in [-0.2, 0) is 0 Å². The van der Waals surface area contributed by atoms with Gasteiger partial charge in [-0.3, -0.25) is 0 Å². The van der Waals surface area contributed by atoms with E-state index in [1.807, 2.05) is 0 Å². The second kappa shape index (κ2) is 7.36. The molecular weight excluding hydrogens is 399 g/mol. The van der Waals surface area contributed by atoms with E-state index >= 15 is 0 Å². The minimum atomic E-state index is -0.339. The van der Waals surface area contributed by atoms with Crippen molar-refractivity contribution < 1.29 is 9.18 Å². The average Bonchev–Trinajstić information content (AvgIpc) is 2.97. The van der Waals surface area contributed by atoms with Crippen molar-refractivity contribution in [3.05, 3.63) is 51.8 Å². The van der Waals surface area contributed by atoms with Gasteiger partial charge >= 0.3 is 6.03 Å². The predicted molar refractivity (Wildman–Crippen MR) is 96.1 cm³/mol. The first-order valence-electron chi connectivity index (χ1n) is 7.40. The molecule has 0 saturated carbocycles. The zero-order valence-electron chi connectivity index (χ0n) is 12.6. The van der Waals surface area contributed by atoms with Gasteiger partial charge in [-0.2, -0.15) is 0 Å². The van der Waals surface area contributed by atoms with Gasteiger partial charge in [-0.25, -0.2) is 14.2 Å². The van der Waals surface area contributed by atoms with Crippen LogP contribution < -0.4 is 15.5 Å². The fourth-order valence-corrected chi connectivity index (χ4v) is 3.49. The first kappa shape index (κ1) is 17.0. The molecule has 8 heteroatoms. The molecular formula is C16H15BrClFN4O. The van der Waals surface area contributed by atoms with Gasteiger partial charge in [0, 0.05) is 31.0 Å². The monoisotopic (exact) mass is 412 g/mol. The third-order valence-electron chi connectivity index (χ3n) is 3.71. The molecule has 1 aliphatic rings. The predicted octanol–water partition coefficient (Wildman–Crippen LogP) is 4.04. The van der Waals surface area contributed by atoms with Gasteiger partial charge in [0.1, 0.15) is 11.6 Å². The Balaban J connectivity index is 1.55. The van der Waals surface area contributed by atoms with Crippen molar-refractivity contribution in [2.24, 2.45) is 0 Å². The number of amides is 2. The van der Waals surface area contributed by atoms with Gasteiger partial charge < -0.3 is 15.5 Å². The molecule has 1 atom stereocenters. The van der Waals surface area contributed by atoms with Crippen molar-refractivity contribution in [3.8, 4) is 0 Å². The van der Waals surface area contributed by atoms with Gasteiger partial charge in [-0.1, -0.05) is 11.6 Å². The quantitative estimate of drug-likeness (QED) is 0.798. The van der Waals surface area contributed by atoms with E-state index in [0.29, 0.717) is 17.3 Å². The maximum Gasteiger partial charge on any atom is 0.319 e. The number of urea groups is 1. The largest absolute Gasteiger partial charge is 0.354 e. The number of nitrogens with one attached hydrogen (secondary N) is 2. The Labute approximate surface area is 152 Å². The lowest BCUT2D eigenvalue weighted by atomic mass is 10.3. The summed E-state index contributed by atoms with van der Waals surface area (Å²) in [4.78, 5) is 18.5. The standard InChI is InChI=1S/C16H15BrClFN4O/c17-14-7-10(18)8-20-15(14)23-6-5-13(9-23)22-16(24)21-12-3-1-11(19)2-4-12/h1-4,7-8,13H,5-6,9H2,(H2,21,22,24). The van der Waals surface area contributed by atoms with Crippen LogP contribution >= 0.6 is 27.5 Å². The van der Waals surface area contributed by atoms with Crippen LogP contribution in [0.3, 0.4) is 0 Å². The Hall–Kier alpha value is -1.86. The van der Waals surface area contributed by atoms with Gasteiger partial charge in [0.05, 0.1) is 9.50 Å². The van der Waals surface area contributed by atoms with E-state index in [1.54, 1.807) is 12.3 Å². The van der Waals surface area contributed by atoms with E-state index in [2.05, 4.69) is 36.4 Å². The maximum absolute atomic E-state index is 12.9. The second-order valence-corrected chi connectivity index (χ2v) is 6.79. The van der Waals surface area contributed by atoms with E-state index in [4.69, 9.17) is 11.6 Å². The molecule has 0 aliphatic carbocycles. The lowest BCUT2D eigenvalue weighted by molar-refractivity contribution is 0.249. The summed E-state index contributed by atoms with van der Waals surface area (Å²) < 4.78 is 13.7. The van der Waals surface area contributed by atoms with Crippen molar-refractivity contribution in [1.82, 2.24) is 10.3 Å². The number of hydrogen-bond donors (Lipinski definition) is 2. The zero-order chi connectivity index (χ0) is 17.1. The number of carbonyl (C=O) groups is 1. The number of hydrogen-bond acceptors (Lipinski definition) is 3. The molecule has 1 aliphatic heterocycles. The molecule has 24 heavy (non-hydrogen) atoms. The van der Waals surface area contributed by atoms with Crippen LogP contribution in [0.4, 0.5) is 20.7 Å². The number of rotatable bonds is 3. The summed E-state index contributed by atoms with van der Waals surface area (Å²) in [5, 5.41) is 6.18. The summed E-state index contributed by atoms with van der Waals surface area (Å²) in [5.74, 6) is 0.469. The highest BCUT2D eigenvalue weighted by molar-refractivity contribution is 9.10. The third kappa shape index (κ3) is 4.15. The first-order chi connectivity index (χ1) is 11.5. The van der Waals surface area contributed by atoms with Crippen LogP contribution in [0.2, 0.25) is 5.02 Å². The van der Waals surface area contributed by atoms with E-state index in [9.17, 15) is 9.18 Å². The molecule has 5 nitrogen and oxygen atoms in total. The van der Waals surface area contributed by atoms with Gasteiger partial charge in [0.2, 0.25) is 0 Å². The van der Waals surface area contributed by atoms with Gasteiger partial charge in [-0.15, -0.1) is 0 Å². The lowest BCUT2D eigenvalue weighted by Crippen LogP contribution is -2.39. The average molecular weight is 414 g/mol. The number of pyridine rings is 1. The second-order valence-electron chi connectivity index (χ2n) is 5.50. The number of nitrogens with zero attached hydrogens (tertiary/aromatic N) is 2. The summed E-state index contributed by atoms with van der Waals surface area (Å²) in [6.07, 6.45) is 2.41. The molecule has 2 aromatic rings. The number of anilines is 2. The van der Waals surface area contributed by atoms with E-state index in [1.165, 1.54) is 24.3 Å². The van der Waals surface area contributed by atoms with Crippen molar-refractivity contribution in [3.63, 3.8) is 0 Å². The number of carbonyl (C=O) groups excluding carboxylic acids is 1. The minimum absolute atomic E-state index is 0.00910. The van der Waals surface area contributed by atoms with Crippen LogP contribution in [0, 0.1) is 5.82 Å². The third-order valence-corrected chi connectivity index (χ3v) is 4.50. The SMILES string of the molecule is O=C(Nc1ccc(F)cc1)NC1CCN(c2ncc(Cl)cc2Br)C1. The summed E-state index contributed by atoms with van der Waals surface area (Å²) in [6.45, 7) is 1.44. The summed E-state index contributed by atoms with van der Waals surface area (Å²) in [6, 6.07) is 7.14. The van der Waals surface area contributed by atoms with Crippen molar-refractivity contribution in [2.75, 3.05) is 23.3 Å². The Morgan fingerprint density at radius 3 is 2.83 bits per heavy atom. The highest BCUT2D eigenvalue weighted by Crippen LogP contribution is 2.28. The van der Waals surface area contributed by atoms with Gasteiger partial charge in [0.15, 0.2) is 0 Å². The molecule has 0 radical (unpaired) electrons. The Morgan fingerprint density at radius 1 is 1.38 bits per heavy atom. The molecule has 2 amide bonds. The van der Waals surface area contributed by atoms with E-state index in [0.717, 1.165) is 23.3 Å². The van der Waals surface area contributed by atoms with Gasteiger partial charge in [0.25, 0.3) is 0 Å². The Kier molecular flexibility index (Phi) is 5.20. The fourth-order valence-electron chi connectivity index (χ4n) is 2.60. The summed E-state index contributed by atoms with van der Waals surface area (Å²) in [7, 11) is 0. The molecule has 126 valence electrons. The molecule has 3 rings (SSSR count). The molecule has 0 spiro atoms. The molecule has 1 unspecified atom stereocenters. The molecule has 2 N–H and O–H groups in total. The van der Waals surface area contributed by atoms with Crippen LogP contribution in [0.5, 0.6) is 0 Å². The van der Waals surface area contributed by atoms with Crippen LogP contribution in [-0.4, -0.2) is 30.1 Å². The van der Waals surface area contributed by atoms with E-state index in [-0.39, 0.29) is 17.9 Å². The number of halogens is 3. The smallest absolute Gasteiger partial charge is 0.319 e.